The summed E-state index contributed by atoms with van der Waals surface area (Å²) in [6.07, 6.45) is 1.34. The molecule has 0 aliphatic rings. The van der Waals surface area contributed by atoms with E-state index >= 15 is 0 Å². The Morgan fingerprint density at radius 2 is 2.29 bits per heavy atom. The predicted molar refractivity (Wildman–Crippen MR) is 68.0 cm³/mol. The molecule has 0 saturated carbocycles. The zero-order valence-electron chi connectivity index (χ0n) is 10.0. The highest BCUT2D eigenvalue weighted by atomic mass is 32.1. The zero-order valence-corrected chi connectivity index (χ0v) is 10.9. The summed E-state index contributed by atoms with van der Waals surface area (Å²) in [5.74, 6) is 0.0269. The molecule has 0 aromatic carbocycles. The molecular formula is C11H16N4OS. The fourth-order valence-corrected chi connectivity index (χ4v) is 2.04. The second-order valence-corrected chi connectivity index (χ2v) is 4.38. The van der Waals surface area contributed by atoms with E-state index in [0.717, 1.165) is 17.1 Å². The molecule has 92 valence electrons. The molecule has 1 heterocycles. The average Bonchev–Trinajstić information content (AvgIpc) is 2.67. The molecule has 0 fully saturated rings. The van der Waals surface area contributed by atoms with Gasteiger partial charge in [-0.15, -0.1) is 0 Å². The molecule has 1 amide bonds. The van der Waals surface area contributed by atoms with Gasteiger partial charge < -0.3 is 10.6 Å². The van der Waals surface area contributed by atoms with Gasteiger partial charge in [-0.05, 0) is 24.9 Å². The van der Waals surface area contributed by atoms with Crippen LogP contribution in [0.4, 0.5) is 5.00 Å². The average molecular weight is 252 g/mol. The Morgan fingerprint density at radius 1 is 1.53 bits per heavy atom. The summed E-state index contributed by atoms with van der Waals surface area (Å²) in [5, 5.41) is 15.5. The Morgan fingerprint density at radius 3 is 2.94 bits per heavy atom. The van der Waals surface area contributed by atoms with Gasteiger partial charge in [0.1, 0.15) is 16.6 Å². The van der Waals surface area contributed by atoms with Crippen LogP contribution in [0.25, 0.3) is 0 Å². The molecular weight excluding hydrogens is 236 g/mol. The number of aryl methyl sites for hydroxylation is 1. The third-order valence-electron chi connectivity index (χ3n) is 2.18. The van der Waals surface area contributed by atoms with Gasteiger partial charge in [-0.2, -0.15) is 9.64 Å². The minimum Gasteiger partial charge on any atom is -0.374 e. The molecule has 0 aliphatic carbocycles. The number of hydrogen-bond acceptors (Lipinski definition) is 5. The van der Waals surface area contributed by atoms with Crippen LogP contribution in [0, 0.1) is 18.3 Å². The van der Waals surface area contributed by atoms with Crippen LogP contribution in [0.1, 0.15) is 31.0 Å². The predicted octanol–water partition coefficient (Wildman–Crippen LogP) is 1.65. The fourth-order valence-electron chi connectivity index (χ4n) is 1.26. The number of rotatable bonds is 6. The fraction of sp³-hybridized carbons (Fsp3) is 0.545. The lowest BCUT2D eigenvalue weighted by molar-refractivity contribution is -0.120. The van der Waals surface area contributed by atoms with Gasteiger partial charge in [0.2, 0.25) is 5.91 Å². The summed E-state index contributed by atoms with van der Waals surface area (Å²) in [6.45, 7) is 5.04. The van der Waals surface area contributed by atoms with E-state index in [9.17, 15) is 4.79 Å². The minimum absolute atomic E-state index is 0.0269. The number of amides is 1. The first kappa shape index (κ1) is 13.5. The van der Waals surface area contributed by atoms with E-state index in [-0.39, 0.29) is 5.91 Å². The van der Waals surface area contributed by atoms with E-state index in [1.54, 1.807) is 6.92 Å². The highest BCUT2D eigenvalue weighted by molar-refractivity contribution is 7.10. The first-order valence-corrected chi connectivity index (χ1v) is 6.33. The van der Waals surface area contributed by atoms with Gasteiger partial charge >= 0.3 is 0 Å². The summed E-state index contributed by atoms with van der Waals surface area (Å²) >= 11 is 1.25. The van der Waals surface area contributed by atoms with Crippen LogP contribution < -0.4 is 10.6 Å². The molecule has 0 radical (unpaired) electrons. The summed E-state index contributed by atoms with van der Waals surface area (Å²) in [5.41, 5.74) is 1.31. The summed E-state index contributed by atoms with van der Waals surface area (Å²) in [6, 6.07) is 2.10. The molecule has 0 saturated heterocycles. The molecule has 0 aliphatic heterocycles. The van der Waals surface area contributed by atoms with Crippen molar-refractivity contribution in [2.75, 3.05) is 18.4 Å². The van der Waals surface area contributed by atoms with Crippen molar-refractivity contribution in [1.82, 2.24) is 9.69 Å². The maximum atomic E-state index is 11.3. The van der Waals surface area contributed by atoms with E-state index < -0.39 is 0 Å². The molecule has 1 rings (SSSR count). The maximum absolute atomic E-state index is 11.3. The number of hydrogen-bond donors (Lipinski definition) is 2. The van der Waals surface area contributed by atoms with Crippen molar-refractivity contribution in [2.45, 2.75) is 26.7 Å². The summed E-state index contributed by atoms with van der Waals surface area (Å²) in [4.78, 5) is 11.3. The first-order valence-electron chi connectivity index (χ1n) is 5.56. The van der Waals surface area contributed by atoms with E-state index in [1.165, 1.54) is 11.5 Å². The SMILES string of the molecule is CCCNC(=O)CCNc1snc(C)c1C#N. The molecule has 1 aromatic rings. The van der Waals surface area contributed by atoms with Crippen LogP contribution in [0.3, 0.4) is 0 Å². The number of nitrogens with one attached hydrogen (secondary N) is 2. The number of nitrogens with zero attached hydrogens (tertiary/aromatic N) is 2. The van der Waals surface area contributed by atoms with Gasteiger partial charge in [-0.1, -0.05) is 6.92 Å². The lowest BCUT2D eigenvalue weighted by Crippen LogP contribution is -2.25. The largest absolute Gasteiger partial charge is 0.374 e. The third-order valence-corrected chi connectivity index (χ3v) is 3.08. The molecule has 0 atom stereocenters. The van der Waals surface area contributed by atoms with Gasteiger partial charge in [0.05, 0.1) is 5.69 Å². The van der Waals surface area contributed by atoms with Crippen LogP contribution >= 0.6 is 11.5 Å². The smallest absolute Gasteiger partial charge is 0.221 e. The Hall–Kier alpha value is -1.61. The van der Waals surface area contributed by atoms with Crippen molar-refractivity contribution in [1.29, 1.82) is 5.26 Å². The lowest BCUT2D eigenvalue weighted by atomic mass is 10.3. The number of aromatic nitrogens is 1. The second kappa shape index (κ2) is 6.86. The standard InChI is InChI=1S/C11H16N4OS/c1-3-5-13-10(16)4-6-14-11-9(7-12)8(2)15-17-11/h14H,3-6H2,1-2H3,(H,13,16). The molecule has 0 unspecified atom stereocenters. The highest BCUT2D eigenvalue weighted by Gasteiger charge is 2.09. The maximum Gasteiger partial charge on any atom is 0.221 e. The van der Waals surface area contributed by atoms with Crippen molar-refractivity contribution in [3.8, 4) is 6.07 Å². The van der Waals surface area contributed by atoms with Crippen LogP contribution in [0.5, 0.6) is 0 Å². The molecule has 0 spiro atoms. The van der Waals surface area contributed by atoms with E-state index in [2.05, 4.69) is 21.1 Å². The van der Waals surface area contributed by atoms with Crippen LogP contribution in [0.2, 0.25) is 0 Å². The first-order chi connectivity index (χ1) is 8.19. The Labute approximate surface area is 105 Å². The number of nitriles is 1. The molecule has 2 N–H and O–H groups in total. The second-order valence-electron chi connectivity index (χ2n) is 3.61. The van der Waals surface area contributed by atoms with Gasteiger partial charge in [0.15, 0.2) is 0 Å². The molecule has 0 bridgehead atoms. The van der Waals surface area contributed by atoms with Crippen molar-refractivity contribution < 1.29 is 4.79 Å². The van der Waals surface area contributed by atoms with E-state index in [4.69, 9.17) is 5.26 Å². The summed E-state index contributed by atoms with van der Waals surface area (Å²) in [7, 11) is 0. The van der Waals surface area contributed by atoms with Crippen molar-refractivity contribution in [3.05, 3.63) is 11.3 Å². The minimum atomic E-state index is 0.0269. The number of carbonyl (C=O) groups is 1. The molecule has 1 aromatic heterocycles. The quantitative estimate of drug-likeness (QED) is 0.807. The normalized spacial score (nSPS) is 9.71. The van der Waals surface area contributed by atoms with Crippen LogP contribution in [-0.2, 0) is 4.79 Å². The molecule has 6 heteroatoms. The van der Waals surface area contributed by atoms with Gasteiger partial charge in [0.25, 0.3) is 0 Å². The molecule has 5 nitrogen and oxygen atoms in total. The van der Waals surface area contributed by atoms with Crippen LogP contribution in [0.15, 0.2) is 0 Å². The van der Waals surface area contributed by atoms with E-state index in [1.807, 2.05) is 6.92 Å². The van der Waals surface area contributed by atoms with Gasteiger partial charge in [-0.3, -0.25) is 4.79 Å². The van der Waals surface area contributed by atoms with Gasteiger partial charge in [-0.25, -0.2) is 0 Å². The molecule has 17 heavy (non-hydrogen) atoms. The number of carbonyl (C=O) groups excluding carboxylic acids is 1. The van der Waals surface area contributed by atoms with Gasteiger partial charge in [0, 0.05) is 19.5 Å². The third kappa shape index (κ3) is 4.04. The topological polar surface area (TPSA) is 77.8 Å². The monoisotopic (exact) mass is 252 g/mol. The van der Waals surface area contributed by atoms with Crippen molar-refractivity contribution in [3.63, 3.8) is 0 Å². The lowest BCUT2D eigenvalue weighted by Gasteiger charge is -2.04. The zero-order chi connectivity index (χ0) is 12.7. The van der Waals surface area contributed by atoms with Crippen molar-refractivity contribution >= 4 is 22.4 Å². The Bertz CT molecular complexity index is 422. The van der Waals surface area contributed by atoms with Crippen LogP contribution in [-0.4, -0.2) is 23.4 Å². The highest BCUT2D eigenvalue weighted by Crippen LogP contribution is 2.22. The Kier molecular flexibility index (Phi) is 5.43. The van der Waals surface area contributed by atoms with E-state index in [0.29, 0.717) is 25.1 Å². The van der Waals surface area contributed by atoms with Crippen molar-refractivity contribution in [2.24, 2.45) is 0 Å². The number of anilines is 1. The Balaban J connectivity index is 2.36. The summed E-state index contributed by atoms with van der Waals surface area (Å²) < 4.78 is 4.09.